The molecule has 16 heavy (non-hydrogen) atoms. The van der Waals surface area contributed by atoms with Crippen LogP contribution in [0.15, 0.2) is 48.5 Å². The van der Waals surface area contributed by atoms with Crippen molar-refractivity contribution in [3.8, 4) is 10.4 Å². The highest BCUT2D eigenvalue weighted by Crippen LogP contribution is 2.34. The number of hydrogen-bond donors (Lipinski definition) is 0. The van der Waals surface area contributed by atoms with Gasteiger partial charge in [-0.25, -0.2) is 0 Å². The van der Waals surface area contributed by atoms with Crippen molar-refractivity contribution in [2.24, 2.45) is 0 Å². The van der Waals surface area contributed by atoms with Gasteiger partial charge in [-0.2, -0.15) is 0 Å². The second-order valence-corrected chi connectivity index (χ2v) is 6.43. The van der Waals surface area contributed by atoms with Gasteiger partial charge in [-0.1, -0.05) is 75.4 Å². The Hall–Kier alpha value is -1.03. The Bertz CT molecular complexity index is 686. The van der Waals surface area contributed by atoms with Crippen molar-refractivity contribution in [3.05, 3.63) is 52.4 Å². The minimum Gasteiger partial charge on any atom is -0.0785 e. The Kier molecular flexibility index (Phi) is 2.59. The number of fused-ring (bicyclic) bond motifs is 1. The molecule has 0 spiro atoms. The van der Waals surface area contributed by atoms with Crippen LogP contribution in [-0.4, -0.2) is 0 Å². The van der Waals surface area contributed by atoms with Crippen LogP contribution in [0.3, 0.4) is 0 Å². The van der Waals surface area contributed by atoms with Gasteiger partial charge in [0.1, 0.15) is 3.82 Å². The predicted octanol–water partition coefficient (Wildman–Crippen LogP) is 5.36. The quantitative estimate of drug-likeness (QED) is 0.419. The van der Waals surface area contributed by atoms with Crippen molar-refractivity contribution in [1.82, 2.24) is 0 Å². The number of rotatable bonds is 1. The maximum absolute atomic E-state index is 5.18. The fourth-order valence-corrected chi connectivity index (χ4v) is 4.22. The summed E-state index contributed by atoms with van der Waals surface area (Å²) in [5.41, 5.74) is 1.29. The average Bonchev–Trinajstić information content (AvgIpc) is 2.75. The lowest BCUT2D eigenvalue weighted by molar-refractivity contribution is 1.74. The van der Waals surface area contributed by atoms with E-state index in [0.29, 0.717) is 0 Å². The van der Waals surface area contributed by atoms with E-state index in [4.69, 9.17) is 12.2 Å². The van der Waals surface area contributed by atoms with E-state index in [1.54, 1.807) is 20.7 Å². The maximum atomic E-state index is 5.18. The summed E-state index contributed by atoms with van der Waals surface area (Å²) >= 11 is 5.18. The fraction of sp³-hybridized carbons (Fsp3) is 0. The molecular weight excluding hydrogens is 252 g/mol. The molecule has 1 heterocycles. The van der Waals surface area contributed by atoms with Crippen LogP contribution in [0.25, 0.3) is 21.2 Å². The van der Waals surface area contributed by atoms with E-state index in [0.717, 1.165) is 3.82 Å². The van der Waals surface area contributed by atoms with Crippen molar-refractivity contribution in [1.29, 1.82) is 0 Å². The van der Waals surface area contributed by atoms with Gasteiger partial charge in [0.2, 0.25) is 0 Å². The smallest absolute Gasteiger partial charge is 0.0785 e. The summed E-state index contributed by atoms with van der Waals surface area (Å²) in [6.07, 6.45) is 0. The molecule has 0 amide bonds. The lowest BCUT2D eigenvalue weighted by Crippen LogP contribution is -1.76. The average molecular weight is 260 g/mol. The number of benzene rings is 2. The van der Waals surface area contributed by atoms with Gasteiger partial charge < -0.3 is 0 Å². The lowest BCUT2D eigenvalue weighted by atomic mass is 10.0. The molecule has 2 aromatic carbocycles. The topological polar surface area (TPSA) is 0 Å². The van der Waals surface area contributed by atoms with Crippen molar-refractivity contribution in [2.45, 2.75) is 0 Å². The molecule has 0 aliphatic heterocycles. The van der Waals surface area contributed by atoms with Crippen LogP contribution in [0.4, 0.5) is 0 Å². The Morgan fingerprint density at radius 2 is 1.69 bits per heavy atom. The Balaban J connectivity index is 2.35. The van der Waals surface area contributed by atoms with Crippen LogP contribution in [-0.2, 0) is 0 Å². The highest BCUT2D eigenvalue weighted by molar-refractivity contribution is 7.80. The molecule has 3 rings (SSSR count). The van der Waals surface area contributed by atoms with Crippen LogP contribution in [0.5, 0.6) is 0 Å². The van der Waals surface area contributed by atoms with Crippen molar-refractivity contribution in [2.75, 3.05) is 0 Å². The SMILES string of the molecule is S=c1cc(-c2cccc3ccccc23)ss1. The fourth-order valence-electron chi connectivity index (χ4n) is 1.80. The summed E-state index contributed by atoms with van der Waals surface area (Å²) in [7, 11) is 3.42. The molecule has 0 atom stereocenters. The van der Waals surface area contributed by atoms with Crippen molar-refractivity contribution < 1.29 is 0 Å². The van der Waals surface area contributed by atoms with Gasteiger partial charge in [0.05, 0.1) is 0 Å². The summed E-state index contributed by atoms with van der Waals surface area (Å²) in [6, 6.07) is 17.0. The monoisotopic (exact) mass is 260 g/mol. The first-order valence-corrected chi connectivity index (χ1v) is 7.49. The first-order valence-electron chi connectivity index (χ1n) is 4.93. The molecule has 3 aromatic rings. The standard InChI is InChI=1S/C13H8S3/c14-13-8-12(15-16-13)11-7-3-5-9-4-1-2-6-10(9)11/h1-8H. The molecule has 0 unspecified atom stereocenters. The summed E-state index contributed by atoms with van der Waals surface area (Å²) < 4.78 is 0.966. The Labute approximate surface area is 106 Å². The van der Waals surface area contributed by atoms with E-state index in [1.807, 2.05) is 0 Å². The lowest BCUT2D eigenvalue weighted by Gasteiger charge is -2.03. The van der Waals surface area contributed by atoms with Crippen molar-refractivity contribution >= 4 is 43.7 Å². The normalized spacial score (nSPS) is 10.8. The molecular formula is C13H8S3. The van der Waals surface area contributed by atoms with Crippen LogP contribution < -0.4 is 0 Å². The molecule has 78 valence electrons. The zero-order chi connectivity index (χ0) is 11.0. The van der Waals surface area contributed by atoms with E-state index in [-0.39, 0.29) is 0 Å². The molecule has 0 N–H and O–H groups in total. The van der Waals surface area contributed by atoms with Gasteiger partial charge in [-0.15, -0.1) is 0 Å². The zero-order valence-electron chi connectivity index (χ0n) is 8.34. The molecule has 0 saturated heterocycles. The predicted molar refractivity (Wildman–Crippen MR) is 76.0 cm³/mol. The summed E-state index contributed by atoms with van der Waals surface area (Å²) in [5, 5.41) is 2.58. The first-order chi connectivity index (χ1) is 7.84. The van der Waals surface area contributed by atoms with E-state index in [2.05, 4.69) is 48.5 Å². The third-order valence-corrected chi connectivity index (χ3v) is 5.41. The van der Waals surface area contributed by atoms with E-state index >= 15 is 0 Å². The molecule has 0 fully saturated rings. The highest BCUT2D eigenvalue weighted by atomic mass is 32.9. The molecule has 3 heteroatoms. The number of hydrogen-bond acceptors (Lipinski definition) is 3. The van der Waals surface area contributed by atoms with Gasteiger partial charge in [-0.05, 0) is 16.8 Å². The molecule has 0 radical (unpaired) electrons. The van der Waals surface area contributed by atoms with Gasteiger partial charge in [-0.3, -0.25) is 0 Å². The minimum atomic E-state index is 0.966. The van der Waals surface area contributed by atoms with Gasteiger partial charge in [0, 0.05) is 10.4 Å². The Morgan fingerprint density at radius 1 is 0.875 bits per heavy atom. The second kappa shape index (κ2) is 4.09. The molecule has 0 bridgehead atoms. The summed E-state index contributed by atoms with van der Waals surface area (Å²) in [5.74, 6) is 0. The Morgan fingerprint density at radius 3 is 2.50 bits per heavy atom. The van der Waals surface area contributed by atoms with Crippen LogP contribution in [0.2, 0.25) is 0 Å². The van der Waals surface area contributed by atoms with Gasteiger partial charge in [0.15, 0.2) is 0 Å². The second-order valence-electron chi connectivity index (χ2n) is 3.52. The summed E-state index contributed by atoms with van der Waals surface area (Å²) in [6.45, 7) is 0. The zero-order valence-corrected chi connectivity index (χ0v) is 10.8. The molecule has 1 aromatic heterocycles. The van der Waals surface area contributed by atoms with Gasteiger partial charge >= 0.3 is 0 Å². The third-order valence-electron chi connectivity index (χ3n) is 2.52. The first kappa shape index (κ1) is 10.1. The minimum absolute atomic E-state index is 0.966. The maximum Gasteiger partial charge on any atom is 0.102 e. The van der Waals surface area contributed by atoms with E-state index in [9.17, 15) is 0 Å². The van der Waals surface area contributed by atoms with Crippen LogP contribution in [0, 0.1) is 3.82 Å². The molecule has 0 aliphatic rings. The van der Waals surface area contributed by atoms with Gasteiger partial charge in [0.25, 0.3) is 0 Å². The summed E-state index contributed by atoms with van der Waals surface area (Å²) in [4.78, 5) is 1.27. The van der Waals surface area contributed by atoms with Crippen molar-refractivity contribution in [3.63, 3.8) is 0 Å². The third kappa shape index (κ3) is 1.71. The van der Waals surface area contributed by atoms with Crippen LogP contribution in [0.1, 0.15) is 0 Å². The van der Waals surface area contributed by atoms with Crippen LogP contribution >= 0.6 is 32.9 Å². The highest BCUT2D eigenvalue weighted by Gasteiger charge is 2.04. The molecule has 0 nitrogen and oxygen atoms in total. The largest absolute Gasteiger partial charge is 0.102 e. The van der Waals surface area contributed by atoms with E-state index in [1.165, 1.54) is 21.2 Å². The molecule has 0 aliphatic carbocycles. The van der Waals surface area contributed by atoms with E-state index < -0.39 is 0 Å². The molecule has 0 saturated carbocycles.